The summed E-state index contributed by atoms with van der Waals surface area (Å²) in [6.45, 7) is 8.03. The Hall–Kier alpha value is -2.94. The van der Waals surface area contributed by atoms with Gasteiger partial charge in [0.25, 0.3) is 5.91 Å². The van der Waals surface area contributed by atoms with E-state index in [1.807, 2.05) is 39.8 Å². The molecule has 1 aromatic carbocycles. The molecule has 1 aliphatic carbocycles. The predicted octanol–water partition coefficient (Wildman–Crippen LogP) is 4.21. The van der Waals surface area contributed by atoms with Gasteiger partial charge in [0.2, 0.25) is 0 Å². The minimum absolute atomic E-state index is 0.123. The van der Waals surface area contributed by atoms with E-state index >= 15 is 0 Å². The molecule has 0 saturated heterocycles. The lowest BCUT2D eigenvalue weighted by atomic mass is 9.92. The van der Waals surface area contributed by atoms with Crippen molar-refractivity contribution in [2.24, 2.45) is 0 Å². The fourth-order valence-corrected chi connectivity index (χ4v) is 3.56. The van der Waals surface area contributed by atoms with Gasteiger partial charge in [-0.2, -0.15) is 5.26 Å². The molecule has 0 bridgehead atoms. The number of nitriles is 1. The van der Waals surface area contributed by atoms with Crippen LogP contribution in [0.25, 0.3) is 0 Å². The van der Waals surface area contributed by atoms with Crippen molar-refractivity contribution >= 4 is 5.91 Å². The third-order valence-electron chi connectivity index (χ3n) is 5.66. The zero-order chi connectivity index (χ0) is 21.0. The lowest BCUT2D eigenvalue weighted by molar-refractivity contribution is 0.0888. The highest BCUT2D eigenvalue weighted by molar-refractivity contribution is 5.92. The number of aromatic nitrogens is 2. The summed E-state index contributed by atoms with van der Waals surface area (Å²) >= 11 is 0. The largest absolute Gasteiger partial charge is 0.490 e. The molecule has 6 nitrogen and oxygen atoms in total. The number of amides is 1. The fraction of sp³-hybridized carbons (Fsp3) is 0.478. The average molecular weight is 393 g/mol. The van der Waals surface area contributed by atoms with Gasteiger partial charge in [-0.25, -0.2) is 4.98 Å². The Bertz CT molecular complexity index is 908. The smallest absolute Gasteiger partial charge is 0.271 e. The molecule has 29 heavy (non-hydrogen) atoms. The molecule has 0 aliphatic heterocycles. The molecule has 0 radical (unpaired) electrons. The van der Waals surface area contributed by atoms with Crippen LogP contribution >= 0.6 is 0 Å². The van der Waals surface area contributed by atoms with E-state index in [4.69, 9.17) is 10.00 Å². The van der Waals surface area contributed by atoms with Gasteiger partial charge in [0.15, 0.2) is 0 Å². The Labute approximate surface area is 172 Å². The minimum Gasteiger partial charge on any atom is -0.490 e. The van der Waals surface area contributed by atoms with E-state index in [2.05, 4.69) is 21.4 Å². The highest BCUT2D eigenvalue weighted by Gasteiger charge is 2.25. The van der Waals surface area contributed by atoms with E-state index in [1.165, 1.54) is 0 Å². The summed E-state index contributed by atoms with van der Waals surface area (Å²) in [7, 11) is 0. The van der Waals surface area contributed by atoms with E-state index in [9.17, 15) is 4.79 Å². The molecule has 1 heterocycles. The molecule has 152 valence electrons. The molecular weight excluding hydrogens is 364 g/mol. The summed E-state index contributed by atoms with van der Waals surface area (Å²) in [4.78, 5) is 21.0. The summed E-state index contributed by atoms with van der Waals surface area (Å²) in [6, 6.07) is 6.03. The van der Waals surface area contributed by atoms with Crippen molar-refractivity contribution in [1.29, 1.82) is 5.26 Å². The van der Waals surface area contributed by atoms with Gasteiger partial charge < -0.3 is 10.1 Å². The molecule has 1 amide bonds. The Morgan fingerprint density at radius 3 is 2.45 bits per heavy atom. The number of carbonyl (C=O) groups excluding carboxylic acids is 1. The first kappa shape index (κ1) is 20.8. The van der Waals surface area contributed by atoms with Crippen LogP contribution in [-0.2, 0) is 0 Å². The van der Waals surface area contributed by atoms with Gasteiger partial charge in [-0.15, -0.1) is 0 Å². The van der Waals surface area contributed by atoms with Crippen LogP contribution in [0.2, 0.25) is 0 Å². The number of carbonyl (C=O) groups is 1. The number of hydrogen-bond acceptors (Lipinski definition) is 5. The summed E-state index contributed by atoms with van der Waals surface area (Å²) in [5.74, 6) is 0.962. The van der Waals surface area contributed by atoms with Crippen LogP contribution in [0.5, 0.6) is 5.75 Å². The van der Waals surface area contributed by atoms with Crippen LogP contribution < -0.4 is 10.1 Å². The van der Waals surface area contributed by atoms with Crippen LogP contribution in [0.1, 0.15) is 78.3 Å². The maximum Gasteiger partial charge on any atom is 0.271 e. The summed E-state index contributed by atoms with van der Waals surface area (Å²) in [5.41, 5.74) is 3.91. The van der Waals surface area contributed by atoms with Gasteiger partial charge in [0.1, 0.15) is 11.4 Å². The summed E-state index contributed by atoms with van der Waals surface area (Å²) < 4.78 is 6.20. The number of ether oxygens (including phenoxy) is 1. The van der Waals surface area contributed by atoms with Gasteiger partial charge in [-0.3, -0.25) is 9.78 Å². The maximum atomic E-state index is 12.4. The lowest BCUT2D eigenvalue weighted by Gasteiger charge is -2.30. The Kier molecular flexibility index (Phi) is 6.48. The molecule has 0 spiro atoms. The second-order valence-electron chi connectivity index (χ2n) is 8.02. The maximum absolute atomic E-state index is 12.4. The van der Waals surface area contributed by atoms with Gasteiger partial charge in [0.05, 0.1) is 29.6 Å². The van der Waals surface area contributed by atoms with E-state index in [0.717, 1.165) is 48.3 Å². The van der Waals surface area contributed by atoms with Crippen molar-refractivity contribution in [1.82, 2.24) is 15.3 Å². The summed E-state index contributed by atoms with van der Waals surface area (Å²) in [5, 5.41) is 12.2. The fourth-order valence-electron chi connectivity index (χ4n) is 3.56. The van der Waals surface area contributed by atoms with E-state index in [1.54, 1.807) is 12.4 Å². The number of rotatable bonds is 5. The molecule has 0 unspecified atom stereocenters. The van der Waals surface area contributed by atoms with E-state index < -0.39 is 0 Å². The van der Waals surface area contributed by atoms with Crippen LogP contribution in [-0.4, -0.2) is 28.0 Å². The Morgan fingerprint density at radius 1 is 1.14 bits per heavy atom. The number of nitrogens with one attached hydrogen (secondary N) is 1. The predicted molar refractivity (Wildman–Crippen MR) is 111 cm³/mol. The third-order valence-corrected chi connectivity index (χ3v) is 5.66. The monoisotopic (exact) mass is 392 g/mol. The van der Waals surface area contributed by atoms with Crippen LogP contribution in [0.3, 0.4) is 0 Å². The number of hydrogen-bond donors (Lipinski definition) is 1. The highest BCUT2D eigenvalue weighted by Crippen LogP contribution is 2.29. The number of benzene rings is 1. The van der Waals surface area contributed by atoms with Crippen molar-refractivity contribution in [3.8, 4) is 11.8 Å². The second-order valence-corrected chi connectivity index (χ2v) is 8.02. The molecule has 1 fully saturated rings. The van der Waals surface area contributed by atoms with Crippen molar-refractivity contribution in [3.05, 3.63) is 52.6 Å². The number of nitrogens with zero attached hydrogens (tertiary/aromatic N) is 3. The Balaban J connectivity index is 1.52. The first-order valence-electron chi connectivity index (χ1n) is 10.2. The first-order chi connectivity index (χ1) is 13.9. The minimum atomic E-state index is -0.171. The molecule has 1 aliphatic rings. The molecule has 1 saturated carbocycles. The summed E-state index contributed by atoms with van der Waals surface area (Å²) in [6.07, 6.45) is 6.83. The van der Waals surface area contributed by atoms with Crippen LogP contribution in [0.4, 0.5) is 0 Å². The quantitative estimate of drug-likeness (QED) is 0.823. The molecule has 0 atom stereocenters. The van der Waals surface area contributed by atoms with Crippen molar-refractivity contribution < 1.29 is 9.53 Å². The molecular formula is C23H28N4O2. The zero-order valence-electron chi connectivity index (χ0n) is 17.5. The molecule has 2 aromatic rings. The van der Waals surface area contributed by atoms with Gasteiger partial charge in [-0.1, -0.05) is 13.8 Å². The second kappa shape index (κ2) is 9.04. The molecule has 3 rings (SSSR count). The van der Waals surface area contributed by atoms with Crippen molar-refractivity contribution in [2.75, 3.05) is 0 Å². The SMILES string of the molecule is Cc1c(C#N)ccc(OC2CCC(NC(=O)c3cnc(C(C)C)cn3)CC2)c1C. The van der Waals surface area contributed by atoms with Gasteiger partial charge in [-0.05, 0) is 68.7 Å². The van der Waals surface area contributed by atoms with E-state index in [-0.39, 0.29) is 18.1 Å². The third kappa shape index (κ3) is 4.92. The van der Waals surface area contributed by atoms with E-state index in [0.29, 0.717) is 17.2 Å². The van der Waals surface area contributed by atoms with Gasteiger partial charge in [0, 0.05) is 12.2 Å². The topological polar surface area (TPSA) is 87.9 Å². The zero-order valence-corrected chi connectivity index (χ0v) is 17.5. The van der Waals surface area contributed by atoms with Crippen molar-refractivity contribution in [3.63, 3.8) is 0 Å². The Morgan fingerprint density at radius 2 is 1.86 bits per heavy atom. The molecule has 1 aromatic heterocycles. The highest BCUT2D eigenvalue weighted by atomic mass is 16.5. The first-order valence-corrected chi connectivity index (χ1v) is 10.2. The lowest BCUT2D eigenvalue weighted by Crippen LogP contribution is -2.40. The standard InChI is InChI=1S/C23H28N4O2/c1-14(2)20-12-26-21(13-25-20)23(28)27-18-6-8-19(9-7-18)29-22-10-5-17(11-24)15(3)16(22)4/h5,10,12-14,18-19H,6-9H2,1-4H3,(H,27,28). The molecule has 6 heteroatoms. The van der Waals surface area contributed by atoms with Crippen molar-refractivity contribution in [2.45, 2.75) is 71.4 Å². The van der Waals surface area contributed by atoms with Crippen LogP contribution in [0.15, 0.2) is 24.5 Å². The van der Waals surface area contributed by atoms with Gasteiger partial charge >= 0.3 is 0 Å². The molecule has 1 N–H and O–H groups in total. The average Bonchev–Trinajstić information content (AvgIpc) is 2.73. The normalized spacial score (nSPS) is 18.9. The van der Waals surface area contributed by atoms with Crippen LogP contribution in [0, 0.1) is 25.2 Å².